The molecule has 0 unspecified atom stereocenters. The molecule has 0 aromatic carbocycles. The molecule has 1 amide bonds. The predicted molar refractivity (Wildman–Crippen MR) is 93.8 cm³/mol. The number of amides is 1. The van der Waals surface area contributed by atoms with Crippen LogP contribution in [0.25, 0.3) is 11.0 Å². The Morgan fingerprint density at radius 2 is 2.00 bits per heavy atom. The molecule has 0 saturated heterocycles. The van der Waals surface area contributed by atoms with Crippen LogP contribution in [-0.2, 0) is 11.3 Å². The van der Waals surface area contributed by atoms with E-state index in [1.165, 1.54) is 30.9 Å². The van der Waals surface area contributed by atoms with E-state index < -0.39 is 11.7 Å². The molecule has 0 aliphatic rings. The van der Waals surface area contributed by atoms with Crippen LogP contribution >= 0.6 is 23.2 Å². The van der Waals surface area contributed by atoms with Crippen LogP contribution in [0.4, 0.5) is 5.69 Å². The second-order valence-corrected chi connectivity index (χ2v) is 5.98. The molecule has 0 aliphatic heterocycles. The molecule has 3 aromatic rings. The molecule has 0 spiro atoms. The molecule has 7 nitrogen and oxygen atoms in total. The average molecular weight is 379 g/mol. The molecule has 25 heavy (non-hydrogen) atoms. The summed E-state index contributed by atoms with van der Waals surface area (Å²) >= 11 is 11.9. The fourth-order valence-electron chi connectivity index (χ4n) is 2.50. The van der Waals surface area contributed by atoms with Gasteiger partial charge >= 0.3 is 0 Å². The van der Waals surface area contributed by atoms with Gasteiger partial charge in [0.2, 0.25) is 0 Å². The monoisotopic (exact) mass is 378 g/mol. The van der Waals surface area contributed by atoms with Gasteiger partial charge < -0.3 is 10.5 Å². The molecule has 0 bridgehead atoms. The normalized spacial score (nSPS) is 10.8. The molecule has 0 atom stereocenters. The third-order valence-corrected chi connectivity index (χ3v) is 4.24. The summed E-state index contributed by atoms with van der Waals surface area (Å²) in [7, 11) is 0. The summed E-state index contributed by atoms with van der Waals surface area (Å²) in [5.74, 6) is -1.71. The van der Waals surface area contributed by atoms with Crippen LogP contribution < -0.4 is 10.0 Å². The Bertz CT molecular complexity index is 980. The topological polar surface area (TPSA) is 90.9 Å². The van der Waals surface area contributed by atoms with E-state index in [0.717, 1.165) is 0 Å². The van der Waals surface area contributed by atoms with Gasteiger partial charge in [-0.1, -0.05) is 23.2 Å². The fraction of sp³-hybridized carbons (Fsp3) is 0.125. The zero-order chi connectivity index (χ0) is 18.1. The van der Waals surface area contributed by atoms with Crippen LogP contribution in [0.15, 0.2) is 36.9 Å². The van der Waals surface area contributed by atoms with Crippen molar-refractivity contribution in [2.45, 2.75) is 13.5 Å². The van der Waals surface area contributed by atoms with Gasteiger partial charge in [0, 0.05) is 12.4 Å². The molecular formula is C16H12Cl2N4O3. The van der Waals surface area contributed by atoms with Crippen molar-refractivity contribution in [2.24, 2.45) is 0 Å². The van der Waals surface area contributed by atoms with Crippen molar-refractivity contribution in [3.63, 3.8) is 0 Å². The lowest BCUT2D eigenvalue weighted by atomic mass is 10.1. The number of hydrogen-bond donors (Lipinski definition) is 1. The minimum atomic E-state index is -0.911. The number of aromatic nitrogens is 3. The van der Waals surface area contributed by atoms with Crippen LogP contribution in [0.1, 0.15) is 17.3 Å². The zero-order valence-corrected chi connectivity index (χ0v) is 14.5. The smallest absolute Gasteiger partial charge is 0.297 e. The first-order chi connectivity index (χ1) is 11.9. The van der Waals surface area contributed by atoms with Crippen LogP contribution in [0.2, 0.25) is 10.0 Å². The first kappa shape index (κ1) is 17.2. The molecule has 9 heteroatoms. The molecule has 1 N–H and O–H groups in total. The van der Waals surface area contributed by atoms with Crippen LogP contribution in [0.5, 0.6) is 0 Å². The Balaban J connectivity index is 2.00. The Morgan fingerprint density at radius 1 is 1.32 bits per heavy atom. The molecule has 0 fully saturated rings. The lowest BCUT2D eigenvalue weighted by Crippen LogP contribution is -2.28. The summed E-state index contributed by atoms with van der Waals surface area (Å²) < 4.78 is 2.26. The summed E-state index contributed by atoms with van der Waals surface area (Å²) in [5.41, 5.74) is 0.539. The molecule has 0 aliphatic carbocycles. The molecule has 0 saturated carbocycles. The second kappa shape index (κ2) is 6.70. The highest BCUT2D eigenvalue weighted by Gasteiger charge is 2.26. The first-order valence-corrected chi connectivity index (χ1v) is 8.05. The number of ketones is 1. The minimum absolute atomic E-state index is 0.106. The number of Topliss-reactive ketones (excluding diaryl/α,β-unsaturated/α-hetero) is 1. The van der Waals surface area contributed by atoms with Gasteiger partial charge in [0.1, 0.15) is 6.20 Å². The number of anilines is 1. The lowest BCUT2D eigenvalue weighted by Gasteiger charge is -2.07. The SMILES string of the molecule is CCn1cc(C(=O)C(=O)Nc2c(Cl)cncc2Cl)c2ccc[n+]([O-])c21. The third-order valence-electron chi connectivity index (χ3n) is 3.66. The highest BCUT2D eigenvalue weighted by molar-refractivity contribution is 6.50. The molecule has 3 aromatic heterocycles. The fourth-order valence-corrected chi connectivity index (χ4v) is 2.96. The van der Waals surface area contributed by atoms with Crippen LogP contribution in [0.3, 0.4) is 0 Å². The van der Waals surface area contributed by atoms with Gasteiger partial charge in [-0.3, -0.25) is 14.6 Å². The summed E-state index contributed by atoms with van der Waals surface area (Å²) in [6, 6.07) is 3.13. The average Bonchev–Trinajstić information content (AvgIpc) is 2.97. The molecule has 3 heterocycles. The third kappa shape index (κ3) is 3.04. The number of nitrogens with zero attached hydrogens (tertiary/aromatic N) is 3. The number of carbonyl (C=O) groups excluding carboxylic acids is 2. The summed E-state index contributed by atoms with van der Waals surface area (Å²) in [5, 5.41) is 15.0. The van der Waals surface area contributed by atoms with E-state index in [-0.39, 0.29) is 21.3 Å². The van der Waals surface area contributed by atoms with Crippen molar-refractivity contribution < 1.29 is 14.3 Å². The van der Waals surface area contributed by atoms with Crippen molar-refractivity contribution >= 4 is 51.6 Å². The van der Waals surface area contributed by atoms with Crippen molar-refractivity contribution in [1.29, 1.82) is 0 Å². The number of halogens is 2. The van der Waals surface area contributed by atoms with Gasteiger partial charge in [0.05, 0.1) is 39.4 Å². The Morgan fingerprint density at radius 3 is 2.64 bits per heavy atom. The molecule has 0 radical (unpaired) electrons. The van der Waals surface area contributed by atoms with E-state index in [9.17, 15) is 14.8 Å². The number of carbonyl (C=O) groups is 2. The largest absolute Gasteiger partial charge is 0.711 e. The minimum Gasteiger partial charge on any atom is -0.711 e. The summed E-state index contributed by atoms with van der Waals surface area (Å²) in [6.45, 7) is 2.30. The number of hydrogen-bond acceptors (Lipinski definition) is 4. The van der Waals surface area contributed by atoms with Gasteiger partial charge in [0.25, 0.3) is 17.3 Å². The Labute approximate surface area is 152 Å². The number of fused-ring (bicyclic) bond motifs is 1. The maximum Gasteiger partial charge on any atom is 0.297 e. The molecule has 3 rings (SSSR count). The number of pyridine rings is 2. The first-order valence-electron chi connectivity index (χ1n) is 7.29. The molecule has 128 valence electrons. The van der Waals surface area contributed by atoms with Crippen molar-refractivity contribution in [2.75, 3.05) is 5.32 Å². The summed E-state index contributed by atoms with van der Waals surface area (Å²) in [4.78, 5) is 28.7. The number of rotatable bonds is 4. The van der Waals surface area contributed by atoms with Gasteiger partial charge in [-0.05, 0) is 19.1 Å². The van der Waals surface area contributed by atoms with E-state index in [2.05, 4.69) is 10.3 Å². The number of nitrogens with one attached hydrogen (secondary N) is 1. The van der Waals surface area contributed by atoms with Crippen molar-refractivity contribution in [3.8, 4) is 0 Å². The van der Waals surface area contributed by atoms with E-state index in [4.69, 9.17) is 23.2 Å². The molecular weight excluding hydrogens is 367 g/mol. The highest BCUT2D eigenvalue weighted by atomic mass is 35.5. The van der Waals surface area contributed by atoms with Gasteiger partial charge in [-0.15, -0.1) is 0 Å². The van der Waals surface area contributed by atoms with E-state index >= 15 is 0 Å². The van der Waals surface area contributed by atoms with Gasteiger partial charge in [0.15, 0.2) is 0 Å². The van der Waals surface area contributed by atoms with Crippen molar-refractivity contribution in [3.05, 3.63) is 57.7 Å². The van der Waals surface area contributed by atoms with E-state index in [1.54, 1.807) is 10.6 Å². The highest BCUT2D eigenvalue weighted by Crippen LogP contribution is 2.29. The van der Waals surface area contributed by atoms with Crippen LogP contribution in [0, 0.1) is 5.21 Å². The predicted octanol–water partition coefficient (Wildman–Crippen LogP) is 2.82. The van der Waals surface area contributed by atoms with E-state index in [0.29, 0.717) is 22.3 Å². The lowest BCUT2D eigenvalue weighted by molar-refractivity contribution is -0.580. The Kier molecular flexibility index (Phi) is 4.61. The second-order valence-electron chi connectivity index (χ2n) is 5.16. The Hall–Kier alpha value is -2.64. The maximum absolute atomic E-state index is 12.6. The van der Waals surface area contributed by atoms with E-state index in [1.807, 2.05) is 6.92 Å². The number of aryl methyl sites for hydroxylation is 1. The van der Waals surface area contributed by atoms with Gasteiger partial charge in [-0.25, -0.2) is 9.30 Å². The maximum atomic E-state index is 12.6. The van der Waals surface area contributed by atoms with Crippen LogP contribution in [-0.4, -0.2) is 21.2 Å². The standard InChI is InChI=1S/C16H12Cl2N4O3/c1-2-21-8-10(9-4-3-5-22(25)16(9)21)14(23)15(24)20-13-11(17)6-19-7-12(13)18/h3-8H,2H2,1H3,(H,19,20,24). The summed E-state index contributed by atoms with van der Waals surface area (Å²) in [6.07, 6.45) is 5.42. The van der Waals surface area contributed by atoms with Gasteiger partial charge in [-0.2, -0.15) is 0 Å². The zero-order valence-electron chi connectivity index (χ0n) is 13.0. The quantitative estimate of drug-likeness (QED) is 0.327. The van der Waals surface area contributed by atoms with Crippen molar-refractivity contribution in [1.82, 2.24) is 9.55 Å².